The first-order valence-electron chi connectivity index (χ1n) is 4.42. The maximum atomic E-state index is 11.5. The molecule has 80 valence electrons. The number of Topliss-reactive ketones (excluding diaryl/α,β-unsaturated/α-hetero) is 1. The topological polar surface area (TPSA) is 43.4 Å². The van der Waals surface area contributed by atoms with Gasteiger partial charge in [0.05, 0.1) is 12.2 Å². The Bertz CT molecular complexity index is 395. The van der Waals surface area contributed by atoms with Crippen LogP contribution in [0.1, 0.15) is 6.92 Å². The Kier molecular flexibility index (Phi) is 2.40. The van der Waals surface area contributed by atoms with Crippen LogP contribution in [0.5, 0.6) is 0 Å². The number of hydrogen-bond donors (Lipinski definition) is 0. The second-order valence-corrected chi connectivity index (χ2v) is 4.96. The van der Waals surface area contributed by atoms with Gasteiger partial charge in [-0.25, -0.2) is 0 Å². The van der Waals surface area contributed by atoms with Crippen molar-refractivity contribution in [2.45, 2.75) is 11.3 Å². The minimum atomic E-state index is -1.31. The summed E-state index contributed by atoms with van der Waals surface area (Å²) in [5.74, 6) is -1.21. The van der Waals surface area contributed by atoms with E-state index in [2.05, 4.69) is 0 Å². The lowest BCUT2D eigenvalue weighted by molar-refractivity contribution is -0.136. The quantitative estimate of drug-likeness (QED) is 0.404. The van der Waals surface area contributed by atoms with Gasteiger partial charge in [-0.15, -0.1) is 0 Å². The number of hydrogen-bond acceptors (Lipinski definition) is 3. The average Bonchev–Trinajstić information content (AvgIpc) is 2.55. The van der Waals surface area contributed by atoms with E-state index in [0.29, 0.717) is 5.57 Å². The SMILES string of the molecule is CC(=O)OC=C1C=CC2C1C(=O)C2(Cl)Cl. The molecule has 2 atom stereocenters. The summed E-state index contributed by atoms with van der Waals surface area (Å²) in [5, 5.41) is 0. The molecule has 0 heterocycles. The molecule has 5 heteroatoms. The van der Waals surface area contributed by atoms with Gasteiger partial charge in [-0.2, -0.15) is 0 Å². The van der Waals surface area contributed by atoms with E-state index in [9.17, 15) is 9.59 Å². The number of alkyl halides is 2. The fourth-order valence-corrected chi connectivity index (χ4v) is 2.45. The molecular formula is C10H8Cl2O3. The van der Waals surface area contributed by atoms with Crippen molar-refractivity contribution in [3.63, 3.8) is 0 Å². The predicted molar refractivity (Wildman–Crippen MR) is 55.4 cm³/mol. The number of esters is 1. The van der Waals surface area contributed by atoms with Crippen molar-refractivity contribution >= 4 is 35.0 Å². The van der Waals surface area contributed by atoms with Gasteiger partial charge in [0.1, 0.15) is 0 Å². The molecule has 2 aliphatic carbocycles. The van der Waals surface area contributed by atoms with Gasteiger partial charge in [-0.05, 0) is 5.57 Å². The standard InChI is InChI=1S/C10H8Cl2O3/c1-5(13)15-4-6-2-3-7-8(6)9(14)10(7,11)12/h2-4,7-8H,1H3. The number of allylic oxidation sites excluding steroid dienone is 3. The third-order valence-electron chi connectivity index (χ3n) is 2.60. The molecule has 3 nitrogen and oxygen atoms in total. The van der Waals surface area contributed by atoms with E-state index in [4.69, 9.17) is 27.9 Å². The molecule has 1 saturated carbocycles. The Morgan fingerprint density at radius 3 is 2.87 bits per heavy atom. The van der Waals surface area contributed by atoms with Crippen molar-refractivity contribution in [2.24, 2.45) is 11.8 Å². The summed E-state index contributed by atoms with van der Waals surface area (Å²) in [6.07, 6.45) is 4.76. The van der Waals surface area contributed by atoms with Crippen LogP contribution in [-0.2, 0) is 14.3 Å². The summed E-state index contributed by atoms with van der Waals surface area (Å²) in [6.45, 7) is 1.29. The zero-order valence-corrected chi connectivity index (χ0v) is 9.38. The van der Waals surface area contributed by atoms with Gasteiger partial charge in [0.15, 0.2) is 10.1 Å². The molecule has 0 aromatic carbocycles. The highest BCUT2D eigenvalue weighted by atomic mass is 35.5. The second kappa shape index (κ2) is 3.35. The summed E-state index contributed by atoms with van der Waals surface area (Å²) < 4.78 is 3.39. The fourth-order valence-electron chi connectivity index (χ4n) is 1.82. The number of ketones is 1. The highest BCUT2D eigenvalue weighted by molar-refractivity contribution is 6.61. The van der Waals surface area contributed by atoms with Crippen molar-refractivity contribution in [1.82, 2.24) is 0 Å². The van der Waals surface area contributed by atoms with E-state index >= 15 is 0 Å². The molecule has 0 amide bonds. The molecule has 0 radical (unpaired) electrons. The molecule has 2 rings (SSSR count). The van der Waals surface area contributed by atoms with Crippen LogP contribution in [0.3, 0.4) is 0 Å². The zero-order valence-electron chi connectivity index (χ0n) is 7.87. The molecule has 0 aromatic heterocycles. The third-order valence-corrected chi connectivity index (χ3v) is 3.48. The molecule has 1 fully saturated rings. The van der Waals surface area contributed by atoms with Crippen LogP contribution in [0.25, 0.3) is 0 Å². The van der Waals surface area contributed by atoms with Crippen LogP contribution in [0.2, 0.25) is 0 Å². The van der Waals surface area contributed by atoms with E-state index in [1.54, 1.807) is 12.2 Å². The first-order valence-corrected chi connectivity index (χ1v) is 5.18. The van der Waals surface area contributed by atoms with Crippen molar-refractivity contribution in [1.29, 1.82) is 0 Å². The van der Waals surface area contributed by atoms with E-state index in [1.807, 2.05) is 0 Å². The van der Waals surface area contributed by atoms with Gasteiger partial charge >= 0.3 is 5.97 Å². The van der Waals surface area contributed by atoms with Gasteiger partial charge in [0.25, 0.3) is 0 Å². The van der Waals surface area contributed by atoms with E-state index in [1.165, 1.54) is 13.2 Å². The molecule has 2 unspecified atom stereocenters. The Hall–Kier alpha value is -0.800. The Labute approximate surface area is 96.7 Å². The van der Waals surface area contributed by atoms with Crippen LogP contribution in [0.4, 0.5) is 0 Å². The second-order valence-electron chi connectivity index (χ2n) is 3.58. The highest BCUT2D eigenvalue weighted by Crippen LogP contribution is 2.55. The maximum Gasteiger partial charge on any atom is 0.307 e. The minimum Gasteiger partial charge on any atom is -0.434 e. The van der Waals surface area contributed by atoms with Gasteiger partial charge < -0.3 is 4.74 Å². The molecule has 0 spiro atoms. The number of ether oxygens (including phenoxy) is 1. The molecule has 0 N–H and O–H groups in total. The molecule has 0 saturated heterocycles. The summed E-state index contributed by atoms with van der Waals surface area (Å²) >= 11 is 11.6. The molecule has 0 aliphatic heterocycles. The third kappa shape index (κ3) is 1.50. The molecular weight excluding hydrogens is 239 g/mol. The normalized spacial score (nSPS) is 33.8. The predicted octanol–water partition coefficient (Wildman–Crippen LogP) is 1.99. The van der Waals surface area contributed by atoms with Gasteiger partial charge in [0.2, 0.25) is 0 Å². The van der Waals surface area contributed by atoms with Crippen LogP contribution in [-0.4, -0.2) is 16.1 Å². The summed E-state index contributed by atoms with van der Waals surface area (Å²) in [4.78, 5) is 22.1. The first-order chi connectivity index (χ1) is 6.94. The number of rotatable bonds is 1. The lowest BCUT2D eigenvalue weighted by Crippen LogP contribution is -2.54. The fraction of sp³-hybridized carbons (Fsp3) is 0.400. The summed E-state index contributed by atoms with van der Waals surface area (Å²) in [7, 11) is 0. The molecule has 2 aliphatic rings. The van der Waals surface area contributed by atoms with E-state index < -0.39 is 10.3 Å². The first kappa shape index (κ1) is 10.7. The number of carbonyl (C=O) groups is 2. The van der Waals surface area contributed by atoms with Crippen LogP contribution < -0.4 is 0 Å². The lowest BCUT2D eigenvalue weighted by Gasteiger charge is -2.41. The van der Waals surface area contributed by atoms with Crippen LogP contribution in [0.15, 0.2) is 24.0 Å². The average molecular weight is 247 g/mol. The van der Waals surface area contributed by atoms with Crippen LogP contribution >= 0.6 is 23.2 Å². The van der Waals surface area contributed by atoms with Crippen LogP contribution in [0, 0.1) is 11.8 Å². The lowest BCUT2D eigenvalue weighted by atomic mass is 9.72. The Morgan fingerprint density at radius 1 is 1.60 bits per heavy atom. The van der Waals surface area contributed by atoms with Crippen molar-refractivity contribution in [3.05, 3.63) is 24.0 Å². The number of fused-ring (bicyclic) bond motifs is 1. The molecule has 15 heavy (non-hydrogen) atoms. The highest BCUT2D eigenvalue weighted by Gasteiger charge is 2.62. The maximum absolute atomic E-state index is 11.5. The summed E-state index contributed by atoms with van der Waals surface area (Å²) in [6, 6.07) is 0. The van der Waals surface area contributed by atoms with Crippen molar-refractivity contribution in [2.75, 3.05) is 0 Å². The van der Waals surface area contributed by atoms with E-state index in [0.717, 1.165) is 0 Å². The van der Waals surface area contributed by atoms with Crippen molar-refractivity contribution < 1.29 is 14.3 Å². The molecule has 0 aromatic rings. The monoisotopic (exact) mass is 246 g/mol. The smallest absolute Gasteiger partial charge is 0.307 e. The van der Waals surface area contributed by atoms with Gasteiger partial charge in [-0.1, -0.05) is 35.4 Å². The zero-order chi connectivity index (χ0) is 11.2. The van der Waals surface area contributed by atoms with Gasteiger partial charge in [-0.3, -0.25) is 9.59 Å². The Morgan fingerprint density at radius 2 is 2.27 bits per heavy atom. The number of halogens is 2. The minimum absolute atomic E-state index is 0.199. The Balaban J connectivity index is 2.16. The van der Waals surface area contributed by atoms with E-state index in [-0.39, 0.29) is 17.6 Å². The molecule has 0 bridgehead atoms. The number of carbonyl (C=O) groups excluding carboxylic acids is 2. The van der Waals surface area contributed by atoms with Gasteiger partial charge in [0, 0.05) is 12.8 Å². The summed E-state index contributed by atoms with van der Waals surface area (Å²) in [5.41, 5.74) is 0.650. The van der Waals surface area contributed by atoms with Crippen molar-refractivity contribution in [3.8, 4) is 0 Å². The largest absolute Gasteiger partial charge is 0.434 e.